The predicted molar refractivity (Wildman–Crippen MR) is 75.0 cm³/mol. The molecule has 0 aliphatic carbocycles. The third-order valence-electron chi connectivity index (χ3n) is 3.04. The van der Waals surface area contributed by atoms with Crippen LogP contribution in [-0.2, 0) is 9.84 Å². The van der Waals surface area contributed by atoms with E-state index in [0.29, 0.717) is 18.7 Å². The van der Waals surface area contributed by atoms with Crippen LogP contribution in [0.1, 0.15) is 17.3 Å². The van der Waals surface area contributed by atoms with Gasteiger partial charge in [0.05, 0.1) is 11.5 Å². The lowest BCUT2D eigenvalue weighted by atomic mass is 10.1. The lowest BCUT2D eigenvalue weighted by Gasteiger charge is -2.29. The zero-order valence-corrected chi connectivity index (χ0v) is 12.4. The summed E-state index contributed by atoms with van der Waals surface area (Å²) in [5.41, 5.74) is 1.59. The van der Waals surface area contributed by atoms with E-state index in [-0.39, 0.29) is 17.3 Å². The molecule has 0 N–H and O–H groups in total. The van der Waals surface area contributed by atoms with Gasteiger partial charge in [-0.3, -0.25) is 4.79 Å². The van der Waals surface area contributed by atoms with E-state index in [1.165, 1.54) is 6.92 Å². The molecule has 1 aliphatic rings. The molecule has 0 saturated carbocycles. The van der Waals surface area contributed by atoms with Gasteiger partial charge in [0.25, 0.3) is 0 Å². The molecule has 1 fully saturated rings. The summed E-state index contributed by atoms with van der Waals surface area (Å²) in [6, 6.07) is 5.50. The highest BCUT2D eigenvalue weighted by Gasteiger charge is 2.22. The normalized spacial score (nSPS) is 18.7. The number of carbonyl (C=O) groups is 1. The van der Waals surface area contributed by atoms with Gasteiger partial charge in [-0.25, -0.2) is 8.42 Å². The van der Waals surface area contributed by atoms with Crippen LogP contribution in [0.5, 0.6) is 0 Å². The summed E-state index contributed by atoms with van der Waals surface area (Å²) >= 11 is 3.37. The number of benzene rings is 1. The van der Waals surface area contributed by atoms with Gasteiger partial charge in [0.2, 0.25) is 0 Å². The molecular weight excluding hydrogens is 318 g/mol. The first-order chi connectivity index (χ1) is 8.39. The maximum Gasteiger partial charge on any atom is 0.160 e. The fourth-order valence-corrected chi connectivity index (χ4v) is 3.80. The van der Waals surface area contributed by atoms with Gasteiger partial charge in [0.15, 0.2) is 15.6 Å². The van der Waals surface area contributed by atoms with Gasteiger partial charge in [0.1, 0.15) is 0 Å². The Morgan fingerprint density at radius 1 is 1.28 bits per heavy atom. The minimum Gasteiger partial charge on any atom is -0.369 e. The standard InChI is InChI=1S/C12H14BrNO3S/c1-9(15)11-3-2-10(8-12(11)13)14-4-6-18(16,17)7-5-14/h2-3,8H,4-7H2,1H3. The molecule has 2 rings (SSSR count). The molecule has 6 heteroatoms. The second-order valence-corrected chi connectivity index (χ2v) is 7.52. The third kappa shape index (κ3) is 2.92. The van der Waals surface area contributed by atoms with E-state index in [1.54, 1.807) is 6.07 Å². The molecule has 0 unspecified atom stereocenters. The average molecular weight is 332 g/mol. The Labute approximate surface area is 115 Å². The van der Waals surface area contributed by atoms with E-state index in [9.17, 15) is 13.2 Å². The molecule has 1 aliphatic heterocycles. The number of hydrogen-bond donors (Lipinski definition) is 0. The molecule has 1 heterocycles. The molecule has 98 valence electrons. The van der Waals surface area contributed by atoms with Gasteiger partial charge in [0, 0.05) is 28.8 Å². The second kappa shape index (κ2) is 5.01. The number of Topliss-reactive ketones (excluding diaryl/α,β-unsaturated/α-hetero) is 1. The minimum atomic E-state index is -2.86. The fourth-order valence-electron chi connectivity index (χ4n) is 1.96. The van der Waals surface area contributed by atoms with Crippen LogP contribution < -0.4 is 4.90 Å². The number of hydrogen-bond acceptors (Lipinski definition) is 4. The number of nitrogens with zero attached hydrogens (tertiary/aromatic N) is 1. The Morgan fingerprint density at radius 2 is 1.89 bits per heavy atom. The van der Waals surface area contributed by atoms with Crippen molar-refractivity contribution < 1.29 is 13.2 Å². The van der Waals surface area contributed by atoms with Crippen LogP contribution in [0, 0.1) is 0 Å². The quantitative estimate of drug-likeness (QED) is 0.776. The van der Waals surface area contributed by atoms with Crippen LogP contribution in [0.25, 0.3) is 0 Å². The number of sulfone groups is 1. The zero-order chi connectivity index (χ0) is 13.3. The number of anilines is 1. The van der Waals surface area contributed by atoms with Gasteiger partial charge in [-0.2, -0.15) is 0 Å². The molecule has 0 bridgehead atoms. The summed E-state index contributed by atoms with van der Waals surface area (Å²) in [4.78, 5) is 13.3. The van der Waals surface area contributed by atoms with Crippen LogP contribution in [0.4, 0.5) is 5.69 Å². The number of carbonyl (C=O) groups excluding carboxylic acids is 1. The lowest BCUT2D eigenvalue weighted by Crippen LogP contribution is -2.40. The molecule has 0 radical (unpaired) electrons. The number of halogens is 1. The van der Waals surface area contributed by atoms with Gasteiger partial charge in [-0.15, -0.1) is 0 Å². The summed E-state index contributed by atoms with van der Waals surface area (Å²) < 4.78 is 23.5. The summed E-state index contributed by atoms with van der Waals surface area (Å²) in [6.45, 7) is 2.54. The van der Waals surface area contributed by atoms with Crippen molar-refractivity contribution in [3.63, 3.8) is 0 Å². The fraction of sp³-hybridized carbons (Fsp3) is 0.417. The van der Waals surface area contributed by atoms with Gasteiger partial charge >= 0.3 is 0 Å². The maximum absolute atomic E-state index is 11.4. The van der Waals surface area contributed by atoms with Crippen molar-refractivity contribution in [2.75, 3.05) is 29.5 Å². The highest BCUT2D eigenvalue weighted by atomic mass is 79.9. The molecular formula is C12H14BrNO3S. The van der Waals surface area contributed by atoms with Crippen LogP contribution in [0.15, 0.2) is 22.7 Å². The Balaban J connectivity index is 2.21. The molecule has 18 heavy (non-hydrogen) atoms. The number of ketones is 1. The van der Waals surface area contributed by atoms with Crippen molar-refractivity contribution in [3.8, 4) is 0 Å². The number of rotatable bonds is 2. The highest BCUT2D eigenvalue weighted by molar-refractivity contribution is 9.10. The summed E-state index contributed by atoms with van der Waals surface area (Å²) in [7, 11) is -2.86. The Bertz CT molecular complexity index is 569. The van der Waals surface area contributed by atoms with Crippen molar-refractivity contribution in [2.24, 2.45) is 0 Å². The molecule has 1 saturated heterocycles. The van der Waals surface area contributed by atoms with Crippen molar-refractivity contribution in [2.45, 2.75) is 6.92 Å². The monoisotopic (exact) mass is 331 g/mol. The maximum atomic E-state index is 11.4. The summed E-state index contributed by atoms with van der Waals surface area (Å²) in [5, 5.41) is 0. The molecule has 4 nitrogen and oxygen atoms in total. The van der Waals surface area contributed by atoms with E-state index in [1.807, 2.05) is 17.0 Å². The minimum absolute atomic E-state index is 0.00893. The first-order valence-electron chi connectivity index (χ1n) is 5.65. The van der Waals surface area contributed by atoms with Gasteiger partial charge < -0.3 is 4.90 Å². The summed E-state index contributed by atoms with van der Waals surface area (Å²) in [6.07, 6.45) is 0. The topological polar surface area (TPSA) is 54.5 Å². The molecule has 0 aromatic heterocycles. The summed E-state index contributed by atoms with van der Waals surface area (Å²) in [5.74, 6) is 0.396. The van der Waals surface area contributed by atoms with E-state index in [4.69, 9.17) is 0 Å². The Hall–Kier alpha value is -0.880. The Kier molecular flexibility index (Phi) is 3.77. The van der Waals surface area contributed by atoms with Crippen LogP contribution in [0.3, 0.4) is 0 Å². The van der Waals surface area contributed by atoms with Gasteiger partial charge in [-0.05, 0) is 41.1 Å². The first-order valence-corrected chi connectivity index (χ1v) is 8.26. The van der Waals surface area contributed by atoms with E-state index >= 15 is 0 Å². The van der Waals surface area contributed by atoms with Gasteiger partial charge in [-0.1, -0.05) is 0 Å². The molecule has 0 amide bonds. The first kappa shape index (κ1) is 13.5. The van der Waals surface area contributed by atoms with Crippen molar-refractivity contribution in [1.82, 2.24) is 0 Å². The van der Waals surface area contributed by atoms with Crippen molar-refractivity contribution in [1.29, 1.82) is 0 Å². The second-order valence-electron chi connectivity index (χ2n) is 4.36. The zero-order valence-electron chi connectivity index (χ0n) is 10.0. The third-order valence-corrected chi connectivity index (χ3v) is 5.31. The van der Waals surface area contributed by atoms with Crippen LogP contribution in [-0.4, -0.2) is 38.8 Å². The Morgan fingerprint density at radius 3 is 2.39 bits per heavy atom. The largest absolute Gasteiger partial charge is 0.369 e. The average Bonchev–Trinajstić information content (AvgIpc) is 2.28. The lowest BCUT2D eigenvalue weighted by molar-refractivity contribution is 0.101. The molecule has 0 atom stereocenters. The van der Waals surface area contributed by atoms with Crippen molar-refractivity contribution >= 4 is 37.2 Å². The predicted octanol–water partition coefficient (Wildman–Crippen LogP) is 1.89. The molecule has 1 aromatic carbocycles. The van der Waals surface area contributed by atoms with Crippen LogP contribution in [0.2, 0.25) is 0 Å². The SMILES string of the molecule is CC(=O)c1ccc(N2CCS(=O)(=O)CC2)cc1Br. The van der Waals surface area contributed by atoms with E-state index in [0.717, 1.165) is 10.2 Å². The van der Waals surface area contributed by atoms with Crippen LogP contribution >= 0.6 is 15.9 Å². The smallest absolute Gasteiger partial charge is 0.160 e. The highest BCUT2D eigenvalue weighted by Crippen LogP contribution is 2.25. The van der Waals surface area contributed by atoms with Crippen molar-refractivity contribution in [3.05, 3.63) is 28.2 Å². The molecule has 1 aromatic rings. The van der Waals surface area contributed by atoms with E-state index < -0.39 is 9.84 Å². The molecule has 0 spiro atoms. The van der Waals surface area contributed by atoms with E-state index in [2.05, 4.69) is 15.9 Å².